The largest absolute Gasteiger partial charge is 0.479 e. The molecular formula is C80H95Cl2NO19. The molecule has 4 aliphatic rings. The number of nitriles is 1. The van der Waals surface area contributed by atoms with Gasteiger partial charge in [0, 0.05) is 23.1 Å². The number of nitrogens with zero attached hydrogens (tertiary/aromatic N) is 1. The lowest BCUT2D eigenvalue weighted by Gasteiger charge is -2.19. The minimum Gasteiger partial charge on any atom is -0.479 e. The van der Waals surface area contributed by atoms with Gasteiger partial charge < -0.3 is 53.3 Å². The van der Waals surface area contributed by atoms with Gasteiger partial charge in [-0.15, -0.1) is 0 Å². The third kappa shape index (κ3) is 26.3. The number of halogens is 2. The molecule has 4 aliphatic carbocycles. The second kappa shape index (κ2) is 42.3. The summed E-state index contributed by atoms with van der Waals surface area (Å²) in [4.78, 5) is 93.7. The van der Waals surface area contributed by atoms with Crippen LogP contribution < -0.4 is 24.6 Å². The summed E-state index contributed by atoms with van der Waals surface area (Å²) in [6.45, 7) is 10.7. The second-order valence-electron chi connectivity index (χ2n) is 25.6. The summed E-state index contributed by atoms with van der Waals surface area (Å²) in [5, 5.41) is 48.1. The van der Waals surface area contributed by atoms with Gasteiger partial charge in [0.2, 0.25) is 0 Å². The Labute approximate surface area is 606 Å². The number of benzene rings is 4. The number of ketones is 1. The van der Waals surface area contributed by atoms with Crippen molar-refractivity contribution >= 4 is 75.8 Å². The highest BCUT2D eigenvalue weighted by Gasteiger charge is 2.28. The maximum Gasteiger partial charge on any atom is 0.344 e. The van der Waals surface area contributed by atoms with E-state index < -0.39 is 54.3 Å². The highest BCUT2D eigenvalue weighted by Crippen LogP contribution is 2.35. The van der Waals surface area contributed by atoms with Gasteiger partial charge >= 0.3 is 41.4 Å². The van der Waals surface area contributed by atoms with Crippen molar-refractivity contribution in [2.24, 2.45) is 0 Å². The molecule has 0 fully saturated rings. The lowest BCUT2D eigenvalue weighted by atomic mass is 9.95. The van der Waals surface area contributed by atoms with Crippen molar-refractivity contribution < 1.29 is 86.8 Å². The molecule has 4 N–H and O–H groups in total. The van der Waals surface area contributed by atoms with Gasteiger partial charge in [-0.2, -0.15) is 5.26 Å². The summed E-state index contributed by atoms with van der Waals surface area (Å²) in [5.74, 6) is -4.46. The number of hydrogen-bond acceptors (Lipinski definition) is 16. The Morgan fingerprint density at radius 1 is 0.520 bits per heavy atom. The first-order valence-corrected chi connectivity index (χ1v) is 36.0. The van der Waals surface area contributed by atoms with Crippen LogP contribution in [-0.2, 0) is 33.4 Å². The van der Waals surface area contributed by atoms with E-state index in [9.17, 15) is 58.8 Å². The van der Waals surface area contributed by atoms with Crippen LogP contribution in [0.3, 0.4) is 0 Å². The maximum absolute atomic E-state index is 12.1. The second-order valence-corrected chi connectivity index (χ2v) is 26.4. The molecule has 0 bridgehead atoms. The Morgan fingerprint density at radius 3 is 1.37 bits per heavy atom. The van der Waals surface area contributed by atoms with Crippen LogP contribution in [0.2, 0.25) is 10.0 Å². The molecule has 5 atom stereocenters. The van der Waals surface area contributed by atoms with Crippen LogP contribution in [-0.4, -0.2) is 99.7 Å². The minimum atomic E-state index is -1.08. The fourth-order valence-corrected chi connectivity index (χ4v) is 12.4. The molecular weight excluding hydrogens is 1350 g/mol. The van der Waals surface area contributed by atoms with Gasteiger partial charge in [0.25, 0.3) is 0 Å². The van der Waals surface area contributed by atoms with E-state index in [-0.39, 0.29) is 68.1 Å². The zero-order valence-electron chi connectivity index (χ0n) is 59.1. The normalized spacial score (nSPS) is 15.5. The Balaban J connectivity index is 0.000000214. The van der Waals surface area contributed by atoms with Crippen molar-refractivity contribution in [3.63, 3.8) is 0 Å². The number of carboxylic acid groups (broad SMARTS) is 4. The van der Waals surface area contributed by atoms with E-state index in [1.165, 1.54) is 98.1 Å². The maximum atomic E-state index is 12.1. The third-order valence-electron chi connectivity index (χ3n) is 18.1. The molecule has 0 saturated carbocycles. The van der Waals surface area contributed by atoms with Gasteiger partial charge in [0.15, 0.2) is 30.2 Å². The standard InChI is InChI=1S/C21H24O5.C21H28O5.C20H23NO5.C18H20Cl2O4/c1-13-14(2)21(24)26-19-12-16(9-10-17(13)19)25-18(20(22)23)11-8-15-6-4-3-5-7-15;1-3-25-21(24)15(2)17-10-12-18(13-11-17)26-19(20(22)23)14-9-16-7-5-4-6-8-16;1-2-25-20(24)16-12-15(13-21)9-10-17(16)26-18(19(22)23)11-8-14-6-4-3-5-7-14;1-11(21)13-9-14(19)15(20)10-17(13)24-16(18(22)23)8-7-12-5-3-2-4-6-12/h6,9-10,12,18H,3-5,7-8,11H2,1-2H3,(H,22,23);7,10-13,15,19H,3-6,8-9,14H2,1-2H3,(H,22,23);6,9-10,12,18H,2-5,7-8,11H2,1H3,(H,22,23);5,9-10,16H,2-4,6-8H2,1H3,(H,22,23). The fourth-order valence-electron chi connectivity index (χ4n) is 12.1. The summed E-state index contributed by atoms with van der Waals surface area (Å²) in [6, 6.07) is 21.1. The molecule has 1 aromatic heterocycles. The number of carboxylic acids is 4. The molecule has 22 heteroatoms. The van der Waals surface area contributed by atoms with Gasteiger partial charge in [0.05, 0.1) is 46.4 Å². The van der Waals surface area contributed by atoms with Crippen LogP contribution in [0.1, 0.15) is 231 Å². The van der Waals surface area contributed by atoms with Crippen molar-refractivity contribution in [1.82, 2.24) is 0 Å². The number of hydrogen-bond donors (Lipinski definition) is 4. The van der Waals surface area contributed by atoms with Gasteiger partial charge in [0.1, 0.15) is 34.1 Å². The molecule has 5 aromatic rings. The SMILES string of the molecule is CC(=O)c1cc(Cl)c(Cl)cc1OC(CCC1=CCCCC1)C(=O)O.CCOC(=O)C(C)c1ccc(OC(CCC2=CCCCC2)C(=O)O)cc1.CCOC(=O)c1cc(C#N)ccc1OC(CCC1=CCCCC1)C(=O)O.Cc1c(C)c2ccc(OC(CCC3=CCCCC3)C(=O)O)cc2oc1=O. The molecule has 0 amide bonds. The summed E-state index contributed by atoms with van der Waals surface area (Å²) in [7, 11) is 0. The fraction of sp³-hybridized carbons (Fsp3) is 0.463. The number of carbonyl (C=O) groups is 7. The van der Waals surface area contributed by atoms with E-state index in [0.717, 1.165) is 93.6 Å². The van der Waals surface area contributed by atoms with Gasteiger partial charge in [-0.3, -0.25) is 9.59 Å². The van der Waals surface area contributed by atoms with Gasteiger partial charge in [-0.05, 0) is 255 Å². The number of aliphatic carboxylic acids is 4. The topological polar surface area (TPSA) is 310 Å². The number of esters is 2. The highest BCUT2D eigenvalue weighted by molar-refractivity contribution is 6.42. The molecule has 0 spiro atoms. The predicted octanol–water partition coefficient (Wildman–Crippen LogP) is 18.1. The summed E-state index contributed by atoms with van der Waals surface area (Å²) < 4.78 is 37.9. The number of rotatable bonds is 30. The Hall–Kier alpha value is -9.19. The number of aryl methyl sites for hydroxylation is 1. The average Bonchev–Trinajstić information content (AvgIpc) is 0.792. The molecule has 1 heterocycles. The molecule has 0 saturated heterocycles. The predicted molar refractivity (Wildman–Crippen MR) is 388 cm³/mol. The number of Topliss-reactive ketones (excluding diaryl/α,β-unsaturated/α-hetero) is 1. The van der Waals surface area contributed by atoms with Crippen LogP contribution in [0.25, 0.3) is 11.0 Å². The quantitative estimate of drug-likeness (QED) is 0.0144. The zero-order chi connectivity index (χ0) is 74.3. The molecule has 9 rings (SSSR count). The van der Waals surface area contributed by atoms with Gasteiger partial charge in [-0.1, -0.05) is 81.9 Å². The van der Waals surface area contributed by atoms with Crippen molar-refractivity contribution in [3.05, 3.63) is 173 Å². The Morgan fingerprint density at radius 2 is 0.951 bits per heavy atom. The van der Waals surface area contributed by atoms with Crippen LogP contribution in [0.4, 0.5) is 0 Å². The number of carbonyl (C=O) groups excluding carboxylic acids is 3. The summed E-state index contributed by atoms with van der Waals surface area (Å²) in [5.41, 5.74) is 8.05. The van der Waals surface area contributed by atoms with Crippen LogP contribution in [0, 0.1) is 25.2 Å². The van der Waals surface area contributed by atoms with E-state index in [1.54, 1.807) is 70.2 Å². The van der Waals surface area contributed by atoms with Crippen molar-refractivity contribution in [2.45, 2.75) is 226 Å². The van der Waals surface area contributed by atoms with E-state index in [0.29, 0.717) is 67.8 Å². The Bertz CT molecular complexity index is 3950. The van der Waals surface area contributed by atoms with E-state index in [1.807, 2.05) is 13.0 Å². The number of allylic oxidation sites excluding steroid dienone is 8. The molecule has 0 aliphatic heterocycles. The minimum absolute atomic E-state index is 0.0639. The molecule has 5 unspecified atom stereocenters. The van der Waals surface area contributed by atoms with Gasteiger partial charge in [-0.25, -0.2) is 28.8 Å². The van der Waals surface area contributed by atoms with E-state index in [2.05, 4.69) is 24.3 Å². The van der Waals surface area contributed by atoms with E-state index in [4.69, 9.17) is 61.3 Å². The summed E-state index contributed by atoms with van der Waals surface area (Å²) >= 11 is 11.9. The first-order chi connectivity index (χ1) is 48.9. The van der Waals surface area contributed by atoms with Crippen LogP contribution in [0.15, 0.2) is 129 Å². The molecule has 4 aromatic carbocycles. The van der Waals surface area contributed by atoms with Crippen molar-refractivity contribution in [2.75, 3.05) is 13.2 Å². The lowest BCUT2D eigenvalue weighted by Crippen LogP contribution is -2.28. The van der Waals surface area contributed by atoms with Crippen molar-refractivity contribution in [3.8, 4) is 29.1 Å². The summed E-state index contributed by atoms with van der Waals surface area (Å²) in [6.07, 6.45) is 27.1. The zero-order valence-corrected chi connectivity index (χ0v) is 60.6. The molecule has 20 nitrogen and oxygen atoms in total. The molecule has 0 radical (unpaired) electrons. The number of fused-ring (bicyclic) bond motifs is 1. The average molecular weight is 1450 g/mol. The lowest BCUT2D eigenvalue weighted by molar-refractivity contribution is -0.146. The van der Waals surface area contributed by atoms with Crippen molar-refractivity contribution in [1.29, 1.82) is 5.26 Å². The monoisotopic (exact) mass is 1440 g/mol. The molecule has 102 heavy (non-hydrogen) atoms. The Kier molecular flexibility index (Phi) is 33.9. The number of ether oxygens (including phenoxy) is 6. The van der Waals surface area contributed by atoms with E-state index >= 15 is 0 Å². The first-order valence-electron chi connectivity index (χ1n) is 35.2. The first kappa shape index (κ1) is 81.8. The van der Waals surface area contributed by atoms with Crippen LogP contribution >= 0.6 is 23.2 Å². The van der Waals surface area contributed by atoms with Crippen LogP contribution in [0.5, 0.6) is 23.0 Å². The third-order valence-corrected chi connectivity index (χ3v) is 18.8. The molecule has 548 valence electrons. The smallest absolute Gasteiger partial charge is 0.344 e. The highest BCUT2D eigenvalue weighted by atomic mass is 35.5.